The summed E-state index contributed by atoms with van der Waals surface area (Å²) in [4.78, 5) is 8.50. The molecule has 0 fully saturated rings. The second-order valence-electron chi connectivity index (χ2n) is 4.33. The van der Waals surface area contributed by atoms with E-state index < -0.39 is 6.10 Å². The molecular weight excluding hydrogens is 226 g/mol. The molecule has 0 aliphatic heterocycles. The molecule has 0 saturated carbocycles. The number of benzene rings is 1. The van der Waals surface area contributed by atoms with Crippen molar-refractivity contribution < 1.29 is 5.11 Å². The molecule has 3 aromatic rings. The summed E-state index contributed by atoms with van der Waals surface area (Å²) in [5, 5.41) is 11.3. The van der Waals surface area contributed by atoms with Gasteiger partial charge in [0.1, 0.15) is 6.10 Å². The van der Waals surface area contributed by atoms with Gasteiger partial charge in [-0.2, -0.15) is 0 Å². The Labute approximate surface area is 105 Å². The fraction of sp³-hybridized carbons (Fsp3) is 0.143. The number of hydrogen-bond acceptors (Lipinski definition) is 3. The Morgan fingerprint density at radius 2 is 2.06 bits per heavy atom. The van der Waals surface area contributed by atoms with E-state index in [2.05, 4.69) is 9.97 Å². The number of nitrogens with zero attached hydrogens (tertiary/aromatic N) is 3. The van der Waals surface area contributed by atoms with E-state index in [0.29, 0.717) is 5.69 Å². The number of aliphatic hydroxyl groups excluding tert-OH is 1. The van der Waals surface area contributed by atoms with Crippen molar-refractivity contribution in [2.75, 3.05) is 0 Å². The molecule has 1 atom stereocenters. The highest BCUT2D eigenvalue weighted by molar-refractivity contribution is 5.78. The number of aromatic nitrogens is 3. The van der Waals surface area contributed by atoms with E-state index in [1.807, 2.05) is 41.9 Å². The molecule has 0 amide bonds. The average molecular weight is 239 g/mol. The van der Waals surface area contributed by atoms with Gasteiger partial charge >= 0.3 is 0 Å². The summed E-state index contributed by atoms with van der Waals surface area (Å²) in [5.74, 6) is 0. The lowest BCUT2D eigenvalue weighted by Crippen LogP contribution is -2.00. The molecule has 4 nitrogen and oxygen atoms in total. The van der Waals surface area contributed by atoms with Gasteiger partial charge in [-0.15, -0.1) is 0 Å². The highest BCUT2D eigenvalue weighted by atomic mass is 16.3. The third-order valence-corrected chi connectivity index (χ3v) is 2.93. The number of pyridine rings is 1. The number of hydrogen-bond donors (Lipinski definition) is 1. The van der Waals surface area contributed by atoms with E-state index in [0.717, 1.165) is 16.5 Å². The number of aliphatic hydroxyl groups is 1. The third kappa shape index (κ3) is 1.87. The molecule has 18 heavy (non-hydrogen) atoms. The Morgan fingerprint density at radius 1 is 1.22 bits per heavy atom. The Balaban J connectivity index is 2.03. The summed E-state index contributed by atoms with van der Waals surface area (Å²) in [6.07, 6.45) is 4.44. The molecule has 0 aliphatic carbocycles. The fourth-order valence-corrected chi connectivity index (χ4v) is 1.98. The molecule has 90 valence electrons. The SMILES string of the molecule is Cn1cnc(C(O)c2cnc3ccccc3c2)c1. The van der Waals surface area contributed by atoms with Crippen LogP contribution in [0.25, 0.3) is 10.9 Å². The summed E-state index contributed by atoms with van der Waals surface area (Å²) in [7, 11) is 1.88. The molecule has 0 aliphatic rings. The van der Waals surface area contributed by atoms with Crippen LogP contribution in [0.5, 0.6) is 0 Å². The predicted molar refractivity (Wildman–Crippen MR) is 69.0 cm³/mol. The van der Waals surface area contributed by atoms with Gasteiger partial charge in [-0.3, -0.25) is 4.98 Å². The molecule has 4 heteroatoms. The van der Waals surface area contributed by atoms with Crippen molar-refractivity contribution in [3.63, 3.8) is 0 Å². The highest BCUT2D eigenvalue weighted by Crippen LogP contribution is 2.22. The lowest BCUT2D eigenvalue weighted by atomic mass is 10.1. The largest absolute Gasteiger partial charge is 0.382 e. The monoisotopic (exact) mass is 239 g/mol. The maximum atomic E-state index is 10.2. The summed E-state index contributed by atoms with van der Waals surface area (Å²) in [5.41, 5.74) is 2.32. The van der Waals surface area contributed by atoms with Gasteiger partial charge < -0.3 is 9.67 Å². The fourth-order valence-electron chi connectivity index (χ4n) is 1.98. The van der Waals surface area contributed by atoms with Gasteiger partial charge in [0.25, 0.3) is 0 Å². The first-order chi connectivity index (χ1) is 8.74. The topological polar surface area (TPSA) is 50.9 Å². The van der Waals surface area contributed by atoms with Crippen LogP contribution >= 0.6 is 0 Å². The van der Waals surface area contributed by atoms with Crippen molar-refractivity contribution in [1.82, 2.24) is 14.5 Å². The molecule has 0 radical (unpaired) electrons. The molecule has 0 saturated heterocycles. The van der Waals surface area contributed by atoms with Gasteiger partial charge in [0.15, 0.2) is 0 Å². The second-order valence-corrected chi connectivity index (χ2v) is 4.33. The van der Waals surface area contributed by atoms with E-state index in [9.17, 15) is 5.11 Å². The number of para-hydroxylation sites is 1. The normalized spacial score (nSPS) is 12.8. The van der Waals surface area contributed by atoms with E-state index >= 15 is 0 Å². The molecule has 2 aromatic heterocycles. The number of rotatable bonds is 2. The van der Waals surface area contributed by atoms with Crippen molar-refractivity contribution in [2.45, 2.75) is 6.10 Å². The number of fused-ring (bicyclic) bond motifs is 1. The Morgan fingerprint density at radius 3 is 2.83 bits per heavy atom. The first-order valence-electron chi connectivity index (χ1n) is 5.74. The molecule has 2 heterocycles. The second kappa shape index (κ2) is 4.23. The van der Waals surface area contributed by atoms with Crippen molar-refractivity contribution >= 4 is 10.9 Å². The Hall–Kier alpha value is -2.20. The minimum atomic E-state index is -0.733. The van der Waals surface area contributed by atoms with Crippen LogP contribution in [-0.2, 0) is 7.05 Å². The van der Waals surface area contributed by atoms with Gasteiger partial charge in [-0.1, -0.05) is 18.2 Å². The van der Waals surface area contributed by atoms with E-state index in [4.69, 9.17) is 0 Å². The molecule has 3 rings (SSSR count). The summed E-state index contributed by atoms with van der Waals surface area (Å²) in [6.45, 7) is 0. The van der Waals surface area contributed by atoms with Crippen LogP contribution in [0.1, 0.15) is 17.4 Å². The van der Waals surface area contributed by atoms with Crippen LogP contribution < -0.4 is 0 Å². The van der Waals surface area contributed by atoms with Crippen LogP contribution in [0.15, 0.2) is 49.1 Å². The standard InChI is InChI=1S/C14H13N3O/c1-17-8-13(16-9-17)14(18)11-6-10-4-2-3-5-12(10)15-7-11/h2-9,14,18H,1H3. The first kappa shape index (κ1) is 10.9. The zero-order valence-corrected chi connectivity index (χ0v) is 9.99. The molecule has 0 bridgehead atoms. The summed E-state index contributed by atoms with van der Waals surface area (Å²) >= 11 is 0. The van der Waals surface area contributed by atoms with Crippen LogP contribution in [0.2, 0.25) is 0 Å². The Kier molecular flexibility index (Phi) is 2.57. The summed E-state index contributed by atoms with van der Waals surface area (Å²) < 4.78 is 1.81. The maximum Gasteiger partial charge on any atom is 0.124 e. The minimum Gasteiger partial charge on any atom is -0.382 e. The maximum absolute atomic E-state index is 10.2. The van der Waals surface area contributed by atoms with Gasteiger partial charge in [0.05, 0.1) is 17.5 Å². The van der Waals surface area contributed by atoms with Gasteiger partial charge in [0, 0.05) is 30.4 Å². The van der Waals surface area contributed by atoms with Crippen molar-refractivity contribution in [2.24, 2.45) is 7.05 Å². The zero-order valence-electron chi connectivity index (χ0n) is 9.99. The van der Waals surface area contributed by atoms with E-state index in [1.54, 1.807) is 18.7 Å². The lowest BCUT2D eigenvalue weighted by molar-refractivity contribution is 0.215. The van der Waals surface area contributed by atoms with Gasteiger partial charge in [-0.05, 0) is 12.1 Å². The van der Waals surface area contributed by atoms with Crippen LogP contribution in [0.3, 0.4) is 0 Å². The van der Waals surface area contributed by atoms with Gasteiger partial charge in [-0.25, -0.2) is 4.98 Å². The number of aryl methyl sites for hydroxylation is 1. The van der Waals surface area contributed by atoms with Crippen molar-refractivity contribution in [3.05, 3.63) is 60.3 Å². The summed E-state index contributed by atoms with van der Waals surface area (Å²) in [6, 6.07) is 9.79. The third-order valence-electron chi connectivity index (χ3n) is 2.93. The average Bonchev–Trinajstić information content (AvgIpc) is 2.84. The van der Waals surface area contributed by atoms with Crippen LogP contribution in [0.4, 0.5) is 0 Å². The van der Waals surface area contributed by atoms with Crippen molar-refractivity contribution in [1.29, 1.82) is 0 Å². The predicted octanol–water partition coefficient (Wildman–Crippen LogP) is 2.05. The molecule has 1 unspecified atom stereocenters. The lowest BCUT2D eigenvalue weighted by Gasteiger charge is -2.08. The smallest absolute Gasteiger partial charge is 0.124 e. The van der Waals surface area contributed by atoms with E-state index in [1.165, 1.54) is 0 Å². The van der Waals surface area contributed by atoms with Crippen LogP contribution in [-0.4, -0.2) is 19.6 Å². The van der Waals surface area contributed by atoms with E-state index in [-0.39, 0.29) is 0 Å². The highest BCUT2D eigenvalue weighted by Gasteiger charge is 2.13. The minimum absolute atomic E-state index is 0.634. The van der Waals surface area contributed by atoms with Crippen LogP contribution in [0, 0.1) is 0 Å². The first-order valence-corrected chi connectivity index (χ1v) is 5.74. The molecule has 1 N–H and O–H groups in total. The molecule has 0 spiro atoms. The Bertz CT molecular complexity index is 690. The zero-order chi connectivity index (χ0) is 12.5. The number of imidazole rings is 1. The quantitative estimate of drug-likeness (QED) is 0.744. The molecule has 1 aromatic carbocycles. The van der Waals surface area contributed by atoms with Gasteiger partial charge in [0.2, 0.25) is 0 Å². The van der Waals surface area contributed by atoms with Crippen molar-refractivity contribution in [3.8, 4) is 0 Å². The molecular formula is C14H13N3O.